The number of nitro groups is 1. The van der Waals surface area contributed by atoms with Crippen molar-refractivity contribution in [3.8, 4) is 0 Å². The smallest absolute Gasteiger partial charge is 0.324 e. The maximum atomic E-state index is 12.4. The van der Waals surface area contributed by atoms with Crippen molar-refractivity contribution in [2.45, 2.75) is 5.72 Å². The van der Waals surface area contributed by atoms with Crippen LogP contribution in [0.4, 0.5) is 16.2 Å². The van der Waals surface area contributed by atoms with Crippen molar-refractivity contribution in [1.29, 1.82) is 0 Å². The van der Waals surface area contributed by atoms with Gasteiger partial charge >= 0.3 is 6.03 Å². The van der Waals surface area contributed by atoms with E-state index in [1.165, 1.54) is 17.0 Å². The van der Waals surface area contributed by atoms with Crippen molar-refractivity contribution >= 4 is 17.4 Å². The Bertz CT molecular complexity index is 825. The Kier molecular flexibility index (Phi) is 2.82. The summed E-state index contributed by atoms with van der Waals surface area (Å²) in [4.78, 5) is 28.7. The van der Waals surface area contributed by atoms with E-state index in [2.05, 4.69) is 10.3 Å². The van der Waals surface area contributed by atoms with Crippen LogP contribution >= 0.6 is 0 Å². The first kappa shape index (κ1) is 13.6. The largest absolute Gasteiger partial charge is 0.345 e. The van der Waals surface area contributed by atoms with Crippen LogP contribution < -0.4 is 5.32 Å². The molecule has 116 valence electrons. The number of ether oxygens (including phenoxy) is 1. The van der Waals surface area contributed by atoms with Gasteiger partial charge in [-0.05, 0) is 6.07 Å². The predicted octanol–water partition coefficient (Wildman–Crippen LogP) is 2.07. The first-order chi connectivity index (χ1) is 11.1. The Hall–Kier alpha value is -3.00. The normalized spacial score (nSPS) is 22.3. The lowest BCUT2D eigenvalue weighted by Crippen LogP contribution is -2.52. The second-order valence-corrected chi connectivity index (χ2v) is 5.30. The third-order valence-electron chi connectivity index (χ3n) is 4.13. The molecule has 4 rings (SSSR count). The number of carbonyl (C=O) groups excluding carboxylic acids is 1. The van der Waals surface area contributed by atoms with Crippen molar-refractivity contribution in [2.24, 2.45) is 0 Å². The molecule has 0 aliphatic carbocycles. The highest BCUT2D eigenvalue weighted by molar-refractivity contribution is 5.94. The Morgan fingerprint density at radius 2 is 2.26 bits per heavy atom. The topological polar surface area (TPSA) is 97.6 Å². The third kappa shape index (κ3) is 1.82. The van der Waals surface area contributed by atoms with Gasteiger partial charge in [0, 0.05) is 36.6 Å². The highest BCUT2D eigenvalue weighted by atomic mass is 16.6. The van der Waals surface area contributed by atoms with Crippen molar-refractivity contribution < 1.29 is 14.5 Å². The third-order valence-corrected chi connectivity index (χ3v) is 4.13. The molecule has 0 radical (unpaired) electrons. The van der Waals surface area contributed by atoms with Gasteiger partial charge in [-0.3, -0.25) is 20.0 Å². The summed E-state index contributed by atoms with van der Waals surface area (Å²) in [6.45, 7) is 0.729. The number of rotatable bonds is 2. The number of nitrogens with one attached hydrogen (secondary N) is 1. The van der Waals surface area contributed by atoms with Gasteiger partial charge in [0.2, 0.25) is 5.72 Å². The summed E-state index contributed by atoms with van der Waals surface area (Å²) in [7, 11) is 0. The molecule has 0 saturated carbocycles. The van der Waals surface area contributed by atoms with Crippen molar-refractivity contribution in [2.75, 3.05) is 18.5 Å². The number of benzene rings is 1. The molecule has 0 spiro atoms. The van der Waals surface area contributed by atoms with Crippen LogP contribution in [0, 0.1) is 10.1 Å². The average molecular weight is 312 g/mol. The van der Waals surface area contributed by atoms with E-state index in [-0.39, 0.29) is 11.7 Å². The van der Waals surface area contributed by atoms with Gasteiger partial charge in [-0.1, -0.05) is 12.1 Å². The van der Waals surface area contributed by atoms with Crippen molar-refractivity contribution in [3.05, 3.63) is 64.0 Å². The number of carbonyl (C=O) groups is 1. The van der Waals surface area contributed by atoms with Crippen LogP contribution in [0.1, 0.15) is 11.1 Å². The van der Waals surface area contributed by atoms with Gasteiger partial charge in [0.05, 0.1) is 22.8 Å². The van der Waals surface area contributed by atoms with Gasteiger partial charge in [-0.2, -0.15) is 0 Å². The Labute approximate surface area is 130 Å². The van der Waals surface area contributed by atoms with Crippen LogP contribution in [0.15, 0.2) is 42.7 Å². The number of amides is 2. The number of non-ortho nitro benzene ring substituents is 1. The molecule has 0 bridgehead atoms. The number of hydrogen-bond donors (Lipinski definition) is 1. The molecule has 8 nitrogen and oxygen atoms in total. The second-order valence-electron chi connectivity index (χ2n) is 5.30. The molecule has 3 heterocycles. The number of anilines is 1. The van der Waals surface area contributed by atoms with Gasteiger partial charge < -0.3 is 10.1 Å². The summed E-state index contributed by atoms with van der Waals surface area (Å²) in [6.07, 6.45) is 3.19. The van der Waals surface area contributed by atoms with E-state index in [1.54, 1.807) is 30.6 Å². The highest BCUT2D eigenvalue weighted by Gasteiger charge is 2.52. The van der Waals surface area contributed by atoms with Gasteiger partial charge in [0.25, 0.3) is 5.69 Å². The van der Waals surface area contributed by atoms with E-state index in [1.807, 2.05) is 0 Å². The molecule has 1 aromatic heterocycles. The Balaban J connectivity index is 1.98. The summed E-state index contributed by atoms with van der Waals surface area (Å²) < 4.78 is 5.96. The van der Waals surface area contributed by atoms with E-state index in [4.69, 9.17) is 4.74 Å². The zero-order chi connectivity index (χ0) is 16.0. The maximum Gasteiger partial charge on any atom is 0.324 e. The molecular formula is C15H12N4O4. The second kappa shape index (κ2) is 4.75. The molecular weight excluding hydrogens is 300 g/mol. The number of fused-ring (bicyclic) bond motifs is 3. The van der Waals surface area contributed by atoms with E-state index >= 15 is 0 Å². The van der Waals surface area contributed by atoms with Gasteiger partial charge in [0.15, 0.2) is 0 Å². The maximum absolute atomic E-state index is 12.4. The first-order valence-corrected chi connectivity index (χ1v) is 7.05. The van der Waals surface area contributed by atoms with E-state index in [0.29, 0.717) is 30.0 Å². The summed E-state index contributed by atoms with van der Waals surface area (Å²) in [5.74, 6) is 0. The summed E-state index contributed by atoms with van der Waals surface area (Å²) in [5.41, 5.74) is 0.558. The van der Waals surface area contributed by atoms with Crippen molar-refractivity contribution in [3.63, 3.8) is 0 Å². The minimum Gasteiger partial charge on any atom is -0.345 e. The van der Waals surface area contributed by atoms with E-state index in [0.717, 1.165) is 0 Å². The summed E-state index contributed by atoms with van der Waals surface area (Å²) >= 11 is 0. The quantitative estimate of drug-likeness (QED) is 0.676. The van der Waals surface area contributed by atoms with Crippen LogP contribution in [0.5, 0.6) is 0 Å². The fraction of sp³-hybridized carbons (Fsp3) is 0.200. The fourth-order valence-electron chi connectivity index (χ4n) is 3.17. The zero-order valence-corrected chi connectivity index (χ0v) is 11.9. The minimum atomic E-state index is -1.18. The molecule has 1 atom stereocenters. The molecule has 2 aromatic rings. The molecule has 1 fully saturated rings. The van der Waals surface area contributed by atoms with Gasteiger partial charge in [-0.25, -0.2) is 4.79 Å². The summed E-state index contributed by atoms with van der Waals surface area (Å²) in [6, 6.07) is 7.55. The zero-order valence-electron chi connectivity index (χ0n) is 11.9. The Morgan fingerprint density at radius 1 is 1.39 bits per heavy atom. The van der Waals surface area contributed by atoms with Gasteiger partial charge in [-0.15, -0.1) is 0 Å². The monoisotopic (exact) mass is 312 g/mol. The molecule has 1 N–H and O–H groups in total. The lowest BCUT2D eigenvalue weighted by Gasteiger charge is -2.41. The molecule has 2 aliphatic heterocycles. The number of nitrogens with zero attached hydrogens (tertiary/aromatic N) is 3. The molecule has 1 aromatic carbocycles. The number of pyridine rings is 1. The molecule has 2 amide bonds. The average Bonchev–Trinajstić information content (AvgIpc) is 3.02. The van der Waals surface area contributed by atoms with E-state index < -0.39 is 10.6 Å². The van der Waals surface area contributed by atoms with Gasteiger partial charge in [0.1, 0.15) is 0 Å². The highest BCUT2D eigenvalue weighted by Crippen LogP contribution is 2.46. The molecule has 1 unspecified atom stereocenters. The first-order valence-electron chi connectivity index (χ1n) is 7.05. The van der Waals surface area contributed by atoms with E-state index in [9.17, 15) is 14.9 Å². The number of aromatic nitrogens is 1. The fourth-order valence-corrected chi connectivity index (χ4v) is 3.17. The molecule has 23 heavy (non-hydrogen) atoms. The SMILES string of the molecule is O=C1Nc2ccncc2C2(c3cccc([N+](=O)[O-])c3)OCCN12. The lowest BCUT2D eigenvalue weighted by molar-refractivity contribution is -0.385. The number of nitro benzene ring substituents is 1. The molecule has 8 heteroatoms. The van der Waals surface area contributed by atoms with Crippen LogP contribution in [0.25, 0.3) is 0 Å². The summed E-state index contributed by atoms with van der Waals surface area (Å²) in [5, 5.41) is 13.9. The molecule has 2 aliphatic rings. The van der Waals surface area contributed by atoms with Crippen LogP contribution in [0.3, 0.4) is 0 Å². The minimum absolute atomic E-state index is 0.0521. The predicted molar refractivity (Wildman–Crippen MR) is 79.8 cm³/mol. The lowest BCUT2D eigenvalue weighted by atomic mass is 9.91. The van der Waals surface area contributed by atoms with Crippen LogP contribution in [-0.4, -0.2) is 34.0 Å². The number of hydrogen-bond acceptors (Lipinski definition) is 5. The molecule has 1 saturated heterocycles. The Morgan fingerprint density at radius 3 is 3.09 bits per heavy atom. The van der Waals surface area contributed by atoms with Crippen LogP contribution in [-0.2, 0) is 10.5 Å². The standard InChI is InChI=1S/C15H12N4O4/c20-14-17-13-4-5-16-9-12(13)15(18(14)6-7-23-15)10-2-1-3-11(8-10)19(21)22/h1-5,8-9H,6-7H2,(H,17,20). The number of urea groups is 1. The van der Waals surface area contributed by atoms with Crippen molar-refractivity contribution in [1.82, 2.24) is 9.88 Å². The van der Waals surface area contributed by atoms with Crippen LogP contribution in [0.2, 0.25) is 0 Å².